The third-order valence-corrected chi connectivity index (χ3v) is 5.09. The fourth-order valence-corrected chi connectivity index (χ4v) is 3.76. The first kappa shape index (κ1) is 14.9. The Bertz CT molecular complexity index is 499. The van der Waals surface area contributed by atoms with Crippen LogP contribution >= 0.6 is 0 Å². The number of benzene rings is 1. The van der Waals surface area contributed by atoms with E-state index in [1.807, 2.05) is 0 Å². The fraction of sp³-hybridized carbons (Fsp3) is 0.647. The van der Waals surface area contributed by atoms with Crippen LogP contribution < -0.4 is 0 Å². The lowest BCUT2D eigenvalue weighted by Crippen LogP contribution is -2.55. The van der Waals surface area contributed by atoms with E-state index in [2.05, 4.69) is 0 Å². The third-order valence-electron chi connectivity index (χ3n) is 5.09. The average Bonchev–Trinajstić information content (AvgIpc) is 2.48. The highest BCUT2D eigenvalue weighted by molar-refractivity contribution is 5.22. The number of halogens is 2. The zero-order valence-electron chi connectivity index (χ0n) is 12.2. The fourth-order valence-electron chi connectivity index (χ4n) is 3.76. The molecule has 1 aromatic carbocycles. The van der Waals surface area contributed by atoms with Crippen molar-refractivity contribution in [1.29, 1.82) is 0 Å². The highest BCUT2D eigenvalue weighted by Crippen LogP contribution is 2.49. The Balaban J connectivity index is 1.83. The van der Waals surface area contributed by atoms with E-state index in [0.717, 1.165) is 19.3 Å². The molecule has 2 unspecified atom stereocenters. The van der Waals surface area contributed by atoms with Gasteiger partial charge in [0.1, 0.15) is 11.5 Å². The predicted octanol–water partition coefficient (Wildman–Crippen LogP) is 4.08. The second-order valence-corrected chi connectivity index (χ2v) is 6.39. The van der Waals surface area contributed by atoms with Gasteiger partial charge in [0.05, 0.1) is 18.3 Å². The Morgan fingerprint density at radius 3 is 2.52 bits per heavy atom. The molecule has 0 spiro atoms. The van der Waals surface area contributed by atoms with Crippen molar-refractivity contribution in [3.05, 3.63) is 35.6 Å². The summed E-state index contributed by atoms with van der Waals surface area (Å²) in [7, 11) is 0. The van der Waals surface area contributed by atoms with E-state index in [0.29, 0.717) is 18.4 Å². The topological polar surface area (TPSA) is 29.5 Å². The lowest BCUT2D eigenvalue weighted by molar-refractivity contribution is -0.180. The maximum atomic E-state index is 15.5. The SMILES string of the molecule is OC1(C2(F)CCOC(c3ccccc3F)C2)CCCCC1. The van der Waals surface area contributed by atoms with Gasteiger partial charge in [-0.2, -0.15) is 0 Å². The molecule has 1 heterocycles. The van der Waals surface area contributed by atoms with Gasteiger partial charge in [0.2, 0.25) is 0 Å². The molecule has 1 N–H and O–H groups in total. The van der Waals surface area contributed by atoms with Gasteiger partial charge in [-0.3, -0.25) is 0 Å². The minimum atomic E-state index is -1.68. The van der Waals surface area contributed by atoms with Crippen LogP contribution in [0.5, 0.6) is 0 Å². The smallest absolute Gasteiger partial charge is 0.144 e. The van der Waals surface area contributed by atoms with Gasteiger partial charge in [0.15, 0.2) is 0 Å². The van der Waals surface area contributed by atoms with Crippen molar-refractivity contribution in [2.45, 2.75) is 62.3 Å². The first-order chi connectivity index (χ1) is 10.0. The predicted molar refractivity (Wildman–Crippen MR) is 76.2 cm³/mol. The van der Waals surface area contributed by atoms with E-state index >= 15 is 4.39 Å². The summed E-state index contributed by atoms with van der Waals surface area (Å²) in [5, 5.41) is 10.8. The summed E-state index contributed by atoms with van der Waals surface area (Å²) in [4.78, 5) is 0. The van der Waals surface area contributed by atoms with E-state index < -0.39 is 17.4 Å². The highest BCUT2D eigenvalue weighted by Gasteiger charge is 2.54. The van der Waals surface area contributed by atoms with E-state index in [-0.39, 0.29) is 25.3 Å². The lowest BCUT2D eigenvalue weighted by Gasteiger charge is -2.47. The molecule has 1 aromatic rings. The first-order valence-electron chi connectivity index (χ1n) is 7.81. The van der Waals surface area contributed by atoms with Crippen LogP contribution in [0.25, 0.3) is 0 Å². The van der Waals surface area contributed by atoms with E-state index in [4.69, 9.17) is 4.74 Å². The van der Waals surface area contributed by atoms with Gasteiger partial charge in [-0.05, 0) is 18.9 Å². The van der Waals surface area contributed by atoms with Crippen LogP contribution in [-0.4, -0.2) is 23.0 Å². The van der Waals surface area contributed by atoms with Crippen LogP contribution in [0.4, 0.5) is 8.78 Å². The molecule has 2 aliphatic rings. The average molecular weight is 296 g/mol. The van der Waals surface area contributed by atoms with Crippen LogP contribution in [0, 0.1) is 5.82 Å². The van der Waals surface area contributed by atoms with Crippen molar-refractivity contribution >= 4 is 0 Å². The maximum Gasteiger partial charge on any atom is 0.144 e. The van der Waals surface area contributed by atoms with Crippen molar-refractivity contribution in [1.82, 2.24) is 0 Å². The molecular weight excluding hydrogens is 274 g/mol. The molecule has 1 saturated heterocycles. The summed E-state index contributed by atoms with van der Waals surface area (Å²) in [6.07, 6.45) is 3.35. The standard InChI is InChI=1S/C17H22F2O2/c18-14-7-3-2-6-13(14)15-12-16(19,10-11-21-15)17(20)8-4-1-5-9-17/h2-3,6-7,15,20H,1,4-5,8-12H2. The monoisotopic (exact) mass is 296 g/mol. The van der Waals surface area contributed by atoms with Crippen molar-refractivity contribution in [3.8, 4) is 0 Å². The normalized spacial score (nSPS) is 32.8. The molecule has 1 aliphatic carbocycles. The van der Waals surface area contributed by atoms with Crippen LogP contribution in [0.3, 0.4) is 0 Å². The Hall–Kier alpha value is -1.00. The second kappa shape index (κ2) is 5.65. The summed E-state index contributed by atoms with van der Waals surface area (Å²) in [6, 6.07) is 6.34. The number of hydrogen-bond donors (Lipinski definition) is 1. The Labute approximate surface area is 124 Å². The quantitative estimate of drug-likeness (QED) is 0.891. The van der Waals surface area contributed by atoms with Gasteiger partial charge in [0, 0.05) is 18.4 Å². The molecular formula is C17H22F2O2. The molecule has 2 fully saturated rings. The van der Waals surface area contributed by atoms with Gasteiger partial charge < -0.3 is 9.84 Å². The Morgan fingerprint density at radius 2 is 1.81 bits per heavy atom. The van der Waals surface area contributed by atoms with Crippen molar-refractivity contribution in [3.63, 3.8) is 0 Å². The molecule has 0 amide bonds. The van der Waals surface area contributed by atoms with Crippen LogP contribution in [0.15, 0.2) is 24.3 Å². The number of alkyl halides is 1. The molecule has 1 saturated carbocycles. The largest absolute Gasteiger partial charge is 0.387 e. The molecule has 0 radical (unpaired) electrons. The molecule has 1 aliphatic heterocycles. The Morgan fingerprint density at radius 1 is 1.10 bits per heavy atom. The van der Waals surface area contributed by atoms with Gasteiger partial charge in [-0.15, -0.1) is 0 Å². The van der Waals surface area contributed by atoms with E-state index in [1.165, 1.54) is 6.07 Å². The van der Waals surface area contributed by atoms with E-state index in [1.54, 1.807) is 18.2 Å². The molecule has 116 valence electrons. The molecule has 4 heteroatoms. The Kier molecular flexibility index (Phi) is 4.02. The summed E-state index contributed by atoms with van der Waals surface area (Å²) in [6.45, 7) is 0.220. The number of aliphatic hydroxyl groups is 1. The second-order valence-electron chi connectivity index (χ2n) is 6.39. The summed E-state index contributed by atoms with van der Waals surface area (Å²) < 4.78 is 34.9. The number of rotatable bonds is 2. The first-order valence-corrected chi connectivity index (χ1v) is 7.81. The van der Waals surface area contributed by atoms with Crippen LogP contribution in [0.1, 0.15) is 56.6 Å². The zero-order valence-corrected chi connectivity index (χ0v) is 12.2. The van der Waals surface area contributed by atoms with Crippen molar-refractivity contribution in [2.24, 2.45) is 0 Å². The van der Waals surface area contributed by atoms with Gasteiger partial charge in [-0.1, -0.05) is 37.5 Å². The molecule has 3 rings (SSSR count). The minimum absolute atomic E-state index is 0.0322. The molecule has 21 heavy (non-hydrogen) atoms. The zero-order chi connectivity index (χ0) is 14.9. The lowest BCUT2D eigenvalue weighted by atomic mass is 9.69. The summed E-state index contributed by atoms with van der Waals surface area (Å²) >= 11 is 0. The molecule has 2 atom stereocenters. The third kappa shape index (κ3) is 2.71. The van der Waals surface area contributed by atoms with Gasteiger partial charge in [0.25, 0.3) is 0 Å². The minimum Gasteiger partial charge on any atom is -0.387 e. The molecule has 0 aromatic heterocycles. The summed E-state index contributed by atoms with van der Waals surface area (Å²) in [5.41, 5.74) is -2.57. The van der Waals surface area contributed by atoms with Gasteiger partial charge in [-0.25, -0.2) is 8.78 Å². The van der Waals surface area contributed by atoms with Crippen molar-refractivity contribution in [2.75, 3.05) is 6.61 Å². The van der Waals surface area contributed by atoms with Crippen LogP contribution in [-0.2, 0) is 4.74 Å². The number of ether oxygens (including phenoxy) is 1. The van der Waals surface area contributed by atoms with Gasteiger partial charge >= 0.3 is 0 Å². The number of hydrogen-bond acceptors (Lipinski definition) is 2. The van der Waals surface area contributed by atoms with Crippen LogP contribution in [0.2, 0.25) is 0 Å². The molecule has 0 bridgehead atoms. The van der Waals surface area contributed by atoms with Crippen molar-refractivity contribution < 1.29 is 18.6 Å². The highest BCUT2D eigenvalue weighted by atomic mass is 19.1. The maximum absolute atomic E-state index is 15.5. The molecule has 2 nitrogen and oxygen atoms in total. The van der Waals surface area contributed by atoms with E-state index in [9.17, 15) is 9.50 Å². The summed E-state index contributed by atoms with van der Waals surface area (Å²) in [5.74, 6) is -0.373.